The van der Waals surface area contributed by atoms with E-state index in [9.17, 15) is 14.4 Å². The van der Waals surface area contributed by atoms with E-state index in [1.165, 1.54) is 4.90 Å². The molecule has 3 rings (SSSR count). The Hall–Kier alpha value is -2.73. The van der Waals surface area contributed by atoms with Gasteiger partial charge >= 0.3 is 5.97 Å². The van der Waals surface area contributed by atoms with Crippen LogP contribution in [0.5, 0.6) is 0 Å². The molecule has 0 bridgehead atoms. The van der Waals surface area contributed by atoms with E-state index >= 15 is 0 Å². The number of rotatable bonds is 9. The summed E-state index contributed by atoms with van der Waals surface area (Å²) in [7, 11) is 0. The van der Waals surface area contributed by atoms with Crippen LogP contribution in [0.25, 0.3) is 10.8 Å². The van der Waals surface area contributed by atoms with Crippen molar-refractivity contribution < 1.29 is 24.2 Å². The Bertz CT molecular complexity index is 794. The maximum Gasteiger partial charge on any atom is 0.305 e. The van der Waals surface area contributed by atoms with Gasteiger partial charge in [0, 0.05) is 29.7 Å². The van der Waals surface area contributed by atoms with Crippen molar-refractivity contribution in [1.29, 1.82) is 0 Å². The third-order valence-corrected chi connectivity index (χ3v) is 4.49. The minimum absolute atomic E-state index is 0.00172. The summed E-state index contributed by atoms with van der Waals surface area (Å²) in [5.74, 6) is -1.35. The van der Waals surface area contributed by atoms with E-state index in [1.807, 2.05) is 24.3 Å². The van der Waals surface area contributed by atoms with Crippen LogP contribution in [0.15, 0.2) is 36.4 Å². The molecule has 2 aromatic carbocycles. The third-order valence-electron chi connectivity index (χ3n) is 4.49. The number of carbonyl (C=O) groups is 3. The van der Waals surface area contributed by atoms with Crippen molar-refractivity contribution in [1.82, 2.24) is 4.90 Å². The number of carboxylic acid groups (broad SMARTS) is 1. The van der Waals surface area contributed by atoms with Gasteiger partial charge in [-0.15, -0.1) is 0 Å². The summed E-state index contributed by atoms with van der Waals surface area (Å²) in [5, 5.41) is 10.2. The summed E-state index contributed by atoms with van der Waals surface area (Å²) in [5.41, 5.74) is 1.16. The lowest BCUT2D eigenvalue weighted by atomic mass is 9.94. The number of benzene rings is 2. The first-order valence-electron chi connectivity index (χ1n) is 8.77. The van der Waals surface area contributed by atoms with Gasteiger partial charge in [0.25, 0.3) is 11.8 Å². The van der Waals surface area contributed by atoms with Crippen molar-refractivity contribution in [2.75, 3.05) is 19.8 Å². The zero-order valence-corrected chi connectivity index (χ0v) is 14.4. The maximum atomic E-state index is 12.7. The predicted molar refractivity (Wildman–Crippen MR) is 96.2 cm³/mol. The largest absolute Gasteiger partial charge is 0.481 e. The summed E-state index contributed by atoms with van der Waals surface area (Å²) in [6.07, 6.45) is 2.26. The Labute approximate surface area is 151 Å². The summed E-state index contributed by atoms with van der Waals surface area (Å²) in [4.78, 5) is 37.1. The molecule has 0 aromatic heterocycles. The summed E-state index contributed by atoms with van der Waals surface area (Å²) in [6, 6.07) is 11.0. The first kappa shape index (κ1) is 18.1. The van der Waals surface area contributed by atoms with E-state index in [4.69, 9.17) is 9.84 Å². The van der Waals surface area contributed by atoms with Crippen molar-refractivity contribution in [2.24, 2.45) is 0 Å². The average molecular weight is 355 g/mol. The van der Waals surface area contributed by atoms with E-state index in [1.54, 1.807) is 12.1 Å². The van der Waals surface area contributed by atoms with Crippen LogP contribution in [-0.4, -0.2) is 47.5 Å². The lowest BCUT2D eigenvalue weighted by Gasteiger charge is -2.27. The molecule has 0 aliphatic carbocycles. The molecule has 0 saturated carbocycles. The molecule has 1 N–H and O–H groups in total. The van der Waals surface area contributed by atoms with Gasteiger partial charge in [0.1, 0.15) is 0 Å². The van der Waals surface area contributed by atoms with Gasteiger partial charge in [-0.05, 0) is 36.8 Å². The molecule has 1 aliphatic rings. The highest BCUT2D eigenvalue weighted by molar-refractivity contribution is 6.25. The fourth-order valence-electron chi connectivity index (χ4n) is 3.20. The van der Waals surface area contributed by atoms with Crippen LogP contribution < -0.4 is 0 Å². The van der Waals surface area contributed by atoms with Crippen molar-refractivity contribution in [3.05, 3.63) is 47.5 Å². The zero-order valence-electron chi connectivity index (χ0n) is 14.4. The van der Waals surface area contributed by atoms with Crippen LogP contribution in [0.3, 0.4) is 0 Å². The van der Waals surface area contributed by atoms with Gasteiger partial charge in [-0.2, -0.15) is 0 Å². The van der Waals surface area contributed by atoms with E-state index < -0.39 is 5.97 Å². The molecular formula is C20H21NO5. The van der Waals surface area contributed by atoms with Crippen LogP contribution in [0.2, 0.25) is 0 Å². The molecule has 0 atom stereocenters. The van der Waals surface area contributed by atoms with Gasteiger partial charge < -0.3 is 9.84 Å². The number of hydrogen-bond acceptors (Lipinski definition) is 4. The molecule has 26 heavy (non-hydrogen) atoms. The van der Waals surface area contributed by atoms with Gasteiger partial charge in [-0.1, -0.05) is 24.3 Å². The summed E-state index contributed by atoms with van der Waals surface area (Å²) in [6.45, 7) is 1.06. The molecular weight excluding hydrogens is 334 g/mol. The number of unbranched alkanes of at least 4 members (excludes halogenated alkanes) is 2. The second-order valence-corrected chi connectivity index (χ2v) is 6.29. The first-order valence-corrected chi connectivity index (χ1v) is 8.77. The molecule has 2 aromatic rings. The Morgan fingerprint density at radius 1 is 0.923 bits per heavy atom. The monoisotopic (exact) mass is 355 g/mol. The molecule has 0 saturated heterocycles. The summed E-state index contributed by atoms with van der Waals surface area (Å²) < 4.78 is 5.24. The molecule has 0 spiro atoms. The van der Waals surface area contributed by atoms with Gasteiger partial charge in [0.15, 0.2) is 0 Å². The fraction of sp³-hybridized carbons (Fsp3) is 0.350. The topological polar surface area (TPSA) is 83.9 Å². The fourth-order valence-corrected chi connectivity index (χ4v) is 3.20. The lowest BCUT2D eigenvalue weighted by Crippen LogP contribution is -2.40. The second-order valence-electron chi connectivity index (χ2n) is 6.29. The Morgan fingerprint density at radius 2 is 1.58 bits per heavy atom. The highest BCUT2D eigenvalue weighted by Gasteiger charge is 2.31. The molecule has 0 unspecified atom stereocenters. The van der Waals surface area contributed by atoms with Gasteiger partial charge in [-0.25, -0.2) is 0 Å². The number of nitrogens with zero attached hydrogens (tertiary/aromatic N) is 1. The van der Waals surface area contributed by atoms with Crippen LogP contribution in [0.4, 0.5) is 0 Å². The number of amides is 2. The number of ether oxygens (including phenoxy) is 1. The molecule has 1 aliphatic heterocycles. The molecule has 0 fully saturated rings. The predicted octanol–water partition coefficient (Wildman–Crippen LogP) is 3.10. The van der Waals surface area contributed by atoms with Crippen molar-refractivity contribution in [3.8, 4) is 0 Å². The third kappa shape index (κ3) is 3.75. The SMILES string of the molecule is O=C(O)CCOCCCCCN1C(=O)c2cccc3cccc(c23)C1=O. The van der Waals surface area contributed by atoms with Crippen LogP contribution in [0, 0.1) is 0 Å². The molecule has 6 nitrogen and oxygen atoms in total. The van der Waals surface area contributed by atoms with Crippen LogP contribution >= 0.6 is 0 Å². The van der Waals surface area contributed by atoms with E-state index in [0.717, 1.165) is 23.6 Å². The van der Waals surface area contributed by atoms with Gasteiger partial charge in [0.05, 0.1) is 13.0 Å². The minimum Gasteiger partial charge on any atom is -0.481 e. The average Bonchev–Trinajstić information content (AvgIpc) is 2.63. The second kappa shape index (κ2) is 8.10. The number of carboxylic acids is 1. The number of hydrogen-bond donors (Lipinski definition) is 1. The van der Waals surface area contributed by atoms with E-state index in [0.29, 0.717) is 30.7 Å². The molecule has 136 valence electrons. The van der Waals surface area contributed by atoms with Crippen molar-refractivity contribution in [2.45, 2.75) is 25.7 Å². The molecule has 6 heteroatoms. The normalized spacial score (nSPS) is 13.5. The van der Waals surface area contributed by atoms with Crippen molar-refractivity contribution in [3.63, 3.8) is 0 Å². The van der Waals surface area contributed by atoms with Crippen LogP contribution in [-0.2, 0) is 9.53 Å². The Kier molecular flexibility index (Phi) is 5.63. The number of imide groups is 1. The van der Waals surface area contributed by atoms with E-state index in [-0.39, 0.29) is 24.8 Å². The molecule has 1 heterocycles. The standard InChI is InChI=1S/C20H21NO5/c22-17(23)10-13-26-12-3-1-2-11-21-19(24)15-8-4-6-14-7-5-9-16(18(14)15)20(21)25/h4-9H,1-3,10-13H2,(H,22,23). The molecule has 2 amide bonds. The number of carbonyl (C=O) groups excluding carboxylic acids is 2. The minimum atomic E-state index is -0.873. The highest BCUT2D eigenvalue weighted by atomic mass is 16.5. The van der Waals surface area contributed by atoms with E-state index in [2.05, 4.69) is 0 Å². The summed E-state index contributed by atoms with van der Waals surface area (Å²) >= 11 is 0. The zero-order chi connectivity index (χ0) is 18.5. The highest BCUT2D eigenvalue weighted by Crippen LogP contribution is 2.30. The smallest absolute Gasteiger partial charge is 0.305 e. The lowest BCUT2D eigenvalue weighted by molar-refractivity contribution is -0.138. The van der Waals surface area contributed by atoms with Crippen molar-refractivity contribution >= 4 is 28.6 Å². The Balaban J connectivity index is 1.55. The van der Waals surface area contributed by atoms with Gasteiger partial charge in [0.2, 0.25) is 0 Å². The number of aliphatic carboxylic acids is 1. The van der Waals surface area contributed by atoms with Gasteiger partial charge in [-0.3, -0.25) is 19.3 Å². The molecule has 0 radical (unpaired) electrons. The quantitative estimate of drug-likeness (QED) is 0.552. The maximum absolute atomic E-state index is 12.7. The van der Waals surface area contributed by atoms with Crippen LogP contribution in [0.1, 0.15) is 46.4 Å². The first-order chi connectivity index (χ1) is 12.6. The Morgan fingerprint density at radius 3 is 2.19 bits per heavy atom.